The molecule has 1 fully saturated rings. The second-order valence-electron chi connectivity index (χ2n) is 8.38. The Hall–Kier alpha value is -2.25. The molecule has 3 aromatic rings. The highest BCUT2D eigenvalue weighted by Gasteiger charge is 2.36. The first-order valence-corrected chi connectivity index (χ1v) is 10.6. The summed E-state index contributed by atoms with van der Waals surface area (Å²) in [5, 5.41) is 5.33. The van der Waals surface area contributed by atoms with Crippen molar-refractivity contribution in [1.82, 2.24) is 19.7 Å². The summed E-state index contributed by atoms with van der Waals surface area (Å²) in [6, 6.07) is 6.25. The van der Waals surface area contributed by atoms with Gasteiger partial charge in [0.05, 0.1) is 27.7 Å². The Balaban J connectivity index is 1.83. The van der Waals surface area contributed by atoms with E-state index in [1.54, 1.807) is 17.5 Å². The molecule has 0 aromatic carbocycles. The highest BCUT2D eigenvalue weighted by Crippen LogP contribution is 2.34. The number of thiophene rings is 1. The zero-order chi connectivity index (χ0) is 20.1. The fraction of sp³-hybridized carbons (Fsp3) is 0.476. The SMILES string of the molecule is Cc1ccc(-c2cc(C(=O)N3CCC(C)(CN)C3)c3cnn(C(C)C)c3n2)s1. The molecule has 0 saturated carbocycles. The maximum Gasteiger partial charge on any atom is 0.254 e. The van der Waals surface area contributed by atoms with Crippen LogP contribution in [-0.4, -0.2) is 45.2 Å². The summed E-state index contributed by atoms with van der Waals surface area (Å²) >= 11 is 1.69. The largest absolute Gasteiger partial charge is 0.338 e. The molecule has 0 aliphatic carbocycles. The topological polar surface area (TPSA) is 77.0 Å². The van der Waals surface area contributed by atoms with Crippen LogP contribution in [0.2, 0.25) is 0 Å². The number of aryl methyl sites for hydroxylation is 1. The van der Waals surface area contributed by atoms with Gasteiger partial charge in [0, 0.05) is 24.0 Å². The molecule has 6 nitrogen and oxygen atoms in total. The van der Waals surface area contributed by atoms with E-state index >= 15 is 0 Å². The van der Waals surface area contributed by atoms with Crippen molar-refractivity contribution in [2.75, 3.05) is 19.6 Å². The van der Waals surface area contributed by atoms with Crippen molar-refractivity contribution in [2.24, 2.45) is 11.1 Å². The van der Waals surface area contributed by atoms with Crippen molar-refractivity contribution in [3.05, 3.63) is 34.8 Å². The van der Waals surface area contributed by atoms with Crippen molar-refractivity contribution in [3.8, 4) is 10.6 Å². The highest BCUT2D eigenvalue weighted by atomic mass is 32.1. The molecule has 3 aromatic heterocycles. The number of nitrogens with two attached hydrogens (primary N) is 1. The van der Waals surface area contributed by atoms with Crippen LogP contribution in [0.3, 0.4) is 0 Å². The van der Waals surface area contributed by atoms with E-state index in [2.05, 4.69) is 44.9 Å². The number of aromatic nitrogens is 3. The molecule has 148 valence electrons. The van der Waals surface area contributed by atoms with Gasteiger partial charge in [-0.15, -0.1) is 11.3 Å². The van der Waals surface area contributed by atoms with Crippen LogP contribution in [0.1, 0.15) is 48.5 Å². The Morgan fingerprint density at radius 1 is 1.39 bits per heavy atom. The third-order valence-electron chi connectivity index (χ3n) is 5.62. The van der Waals surface area contributed by atoms with Gasteiger partial charge in [0.25, 0.3) is 5.91 Å². The van der Waals surface area contributed by atoms with Gasteiger partial charge in [-0.05, 0) is 57.4 Å². The van der Waals surface area contributed by atoms with Gasteiger partial charge in [-0.25, -0.2) is 9.67 Å². The van der Waals surface area contributed by atoms with Crippen molar-refractivity contribution in [2.45, 2.75) is 40.2 Å². The number of carbonyl (C=O) groups excluding carboxylic acids is 1. The zero-order valence-corrected chi connectivity index (χ0v) is 17.7. The number of carbonyl (C=O) groups is 1. The van der Waals surface area contributed by atoms with Crippen LogP contribution in [0, 0.1) is 12.3 Å². The average Bonchev–Trinajstić information content (AvgIpc) is 3.38. The molecule has 1 amide bonds. The number of rotatable bonds is 4. The maximum atomic E-state index is 13.5. The molecule has 0 bridgehead atoms. The minimum absolute atomic E-state index is 0.00237. The first-order valence-electron chi connectivity index (χ1n) is 9.76. The Kier molecular flexibility index (Phi) is 4.75. The molecule has 2 N–H and O–H groups in total. The summed E-state index contributed by atoms with van der Waals surface area (Å²) in [4.78, 5) is 22.5. The summed E-state index contributed by atoms with van der Waals surface area (Å²) in [5.74, 6) is 0.0439. The molecule has 1 atom stereocenters. The lowest BCUT2D eigenvalue weighted by Gasteiger charge is -2.23. The van der Waals surface area contributed by atoms with E-state index in [1.165, 1.54) is 4.88 Å². The van der Waals surface area contributed by atoms with E-state index in [9.17, 15) is 4.79 Å². The number of pyridine rings is 1. The lowest BCUT2D eigenvalue weighted by molar-refractivity contribution is 0.0779. The minimum atomic E-state index is -0.00237. The van der Waals surface area contributed by atoms with Gasteiger partial charge >= 0.3 is 0 Å². The molecular weight excluding hydrogens is 370 g/mol. The van der Waals surface area contributed by atoms with Crippen LogP contribution in [0.4, 0.5) is 0 Å². The number of amides is 1. The number of hydrogen-bond acceptors (Lipinski definition) is 5. The standard InChI is InChI=1S/C21H27N5OS/c1-13(2)26-19-16(10-23-26)15(9-17(24-19)18-6-5-14(3)28-18)20(27)25-8-7-21(4,11-22)12-25/h5-6,9-10,13H,7-8,11-12,22H2,1-4H3. The van der Waals surface area contributed by atoms with Crippen LogP contribution in [0.25, 0.3) is 21.6 Å². The van der Waals surface area contributed by atoms with Gasteiger partial charge in [0.2, 0.25) is 0 Å². The molecule has 1 aliphatic rings. The molecule has 0 radical (unpaired) electrons. The van der Waals surface area contributed by atoms with E-state index in [0.717, 1.165) is 34.6 Å². The fourth-order valence-corrected chi connectivity index (χ4v) is 4.63. The summed E-state index contributed by atoms with van der Waals surface area (Å²) in [6.07, 6.45) is 2.71. The lowest BCUT2D eigenvalue weighted by Crippen LogP contribution is -2.34. The second kappa shape index (κ2) is 6.97. The molecule has 7 heteroatoms. The molecular formula is C21H27N5OS. The van der Waals surface area contributed by atoms with E-state index in [1.807, 2.05) is 15.6 Å². The molecule has 4 rings (SSSR count). The molecule has 1 aliphatic heterocycles. The van der Waals surface area contributed by atoms with Gasteiger partial charge < -0.3 is 10.6 Å². The molecule has 28 heavy (non-hydrogen) atoms. The van der Waals surface area contributed by atoms with E-state index in [4.69, 9.17) is 10.7 Å². The van der Waals surface area contributed by atoms with Crippen molar-refractivity contribution in [3.63, 3.8) is 0 Å². The number of likely N-dealkylation sites (tertiary alicyclic amines) is 1. The van der Waals surface area contributed by atoms with Crippen LogP contribution >= 0.6 is 11.3 Å². The lowest BCUT2D eigenvalue weighted by atomic mass is 9.90. The van der Waals surface area contributed by atoms with Gasteiger partial charge in [0.15, 0.2) is 5.65 Å². The number of fused-ring (bicyclic) bond motifs is 1. The van der Waals surface area contributed by atoms with Crippen LogP contribution < -0.4 is 5.73 Å². The normalized spacial score (nSPS) is 19.9. The predicted octanol–water partition coefficient (Wildman–Crippen LogP) is 3.86. The van der Waals surface area contributed by atoms with Crippen molar-refractivity contribution >= 4 is 28.3 Å². The van der Waals surface area contributed by atoms with Crippen molar-refractivity contribution in [1.29, 1.82) is 0 Å². The highest BCUT2D eigenvalue weighted by molar-refractivity contribution is 7.15. The predicted molar refractivity (Wildman–Crippen MR) is 114 cm³/mol. The minimum Gasteiger partial charge on any atom is -0.338 e. The van der Waals surface area contributed by atoms with Gasteiger partial charge in [0.1, 0.15) is 0 Å². The monoisotopic (exact) mass is 397 g/mol. The molecule has 4 heterocycles. The van der Waals surface area contributed by atoms with E-state index in [-0.39, 0.29) is 17.4 Å². The zero-order valence-electron chi connectivity index (χ0n) is 16.9. The smallest absolute Gasteiger partial charge is 0.254 e. The summed E-state index contributed by atoms with van der Waals surface area (Å²) in [5.41, 5.74) is 8.21. The first kappa shape index (κ1) is 19.1. The molecule has 1 saturated heterocycles. The summed E-state index contributed by atoms with van der Waals surface area (Å²) in [7, 11) is 0. The molecule has 0 spiro atoms. The van der Waals surface area contributed by atoms with Crippen LogP contribution in [0.15, 0.2) is 24.4 Å². The Morgan fingerprint density at radius 3 is 2.79 bits per heavy atom. The number of nitrogens with zero attached hydrogens (tertiary/aromatic N) is 4. The van der Waals surface area contributed by atoms with E-state index in [0.29, 0.717) is 18.7 Å². The third kappa shape index (κ3) is 3.22. The van der Waals surface area contributed by atoms with Gasteiger partial charge in [-0.3, -0.25) is 4.79 Å². The van der Waals surface area contributed by atoms with Crippen molar-refractivity contribution < 1.29 is 4.79 Å². The maximum absolute atomic E-state index is 13.5. The third-order valence-corrected chi connectivity index (χ3v) is 6.64. The van der Waals surface area contributed by atoms with Gasteiger partial charge in [-0.2, -0.15) is 5.10 Å². The van der Waals surface area contributed by atoms with Crippen LogP contribution in [-0.2, 0) is 0 Å². The fourth-order valence-electron chi connectivity index (χ4n) is 3.81. The Bertz CT molecular complexity index is 1040. The Morgan fingerprint density at radius 2 is 2.18 bits per heavy atom. The Labute approximate surface area is 169 Å². The average molecular weight is 398 g/mol. The summed E-state index contributed by atoms with van der Waals surface area (Å²) < 4.78 is 1.89. The van der Waals surface area contributed by atoms with Crippen LogP contribution in [0.5, 0.6) is 0 Å². The second-order valence-corrected chi connectivity index (χ2v) is 9.66. The number of hydrogen-bond donors (Lipinski definition) is 1. The molecule has 1 unspecified atom stereocenters. The quantitative estimate of drug-likeness (QED) is 0.725. The van der Waals surface area contributed by atoms with Gasteiger partial charge in [-0.1, -0.05) is 6.92 Å². The first-order chi connectivity index (χ1) is 13.3. The summed E-state index contributed by atoms with van der Waals surface area (Å²) in [6.45, 7) is 10.4. The van der Waals surface area contributed by atoms with E-state index < -0.39 is 0 Å².